The SMILES string of the molecule is CCCCc1ccc(N(c2ccc(NCCCC(=O)OC(C)(C)C)cc2C(=O)OC)S(=O)[O-])cc1. The number of hydrogen-bond acceptors (Lipinski definition) is 7. The van der Waals surface area contributed by atoms with Gasteiger partial charge in [-0.05, 0) is 75.9 Å². The van der Waals surface area contributed by atoms with Crippen molar-refractivity contribution in [2.45, 2.75) is 65.4 Å². The fourth-order valence-electron chi connectivity index (χ4n) is 3.44. The molecule has 192 valence electrons. The summed E-state index contributed by atoms with van der Waals surface area (Å²) in [6.07, 6.45) is 3.82. The molecule has 1 N–H and O–H groups in total. The van der Waals surface area contributed by atoms with Gasteiger partial charge < -0.3 is 19.3 Å². The van der Waals surface area contributed by atoms with Crippen molar-refractivity contribution >= 4 is 40.3 Å². The Balaban J connectivity index is 2.20. The minimum Gasteiger partial charge on any atom is -0.755 e. The van der Waals surface area contributed by atoms with E-state index in [0.717, 1.165) is 29.1 Å². The molecule has 0 saturated heterocycles. The molecule has 0 aliphatic heterocycles. The molecule has 0 radical (unpaired) electrons. The normalized spacial score (nSPS) is 12.1. The van der Waals surface area contributed by atoms with Crippen molar-refractivity contribution in [1.29, 1.82) is 0 Å². The van der Waals surface area contributed by atoms with E-state index in [1.165, 1.54) is 7.11 Å². The molecule has 0 amide bonds. The van der Waals surface area contributed by atoms with Crippen LogP contribution in [0.15, 0.2) is 42.5 Å². The highest BCUT2D eigenvalue weighted by Gasteiger charge is 2.21. The fraction of sp³-hybridized carbons (Fsp3) is 0.462. The number of aryl methyl sites for hydroxylation is 1. The topological polar surface area (TPSA) is 108 Å². The van der Waals surface area contributed by atoms with E-state index in [1.54, 1.807) is 30.3 Å². The van der Waals surface area contributed by atoms with Gasteiger partial charge in [-0.15, -0.1) is 0 Å². The molecule has 0 aliphatic rings. The van der Waals surface area contributed by atoms with Crippen molar-refractivity contribution in [1.82, 2.24) is 0 Å². The van der Waals surface area contributed by atoms with Gasteiger partial charge in [0.25, 0.3) is 0 Å². The summed E-state index contributed by atoms with van der Waals surface area (Å²) in [7, 11) is 1.24. The van der Waals surface area contributed by atoms with Crippen LogP contribution in [-0.4, -0.2) is 40.0 Å². The number of esters is 2. The van der Waals surface area contributed by atoms with Crippen molar-refractivity contribution in [3.05, 3.63) is 53.6 Å². The predicted octanol–water partition coefficient (Wildman–Crippen LogP) is 5.28. The molecule has 0 spiro atoms. The quantitative estimate of drug-likeness (QED) is 0.238. The van der Waals surface area contributed by atoms with E-state index in [1.807, 2.05) is 32.9 Å². The number of benzene rings is 2. The number of ether oxygens (including phenoxy) is 2. The van der Waals surface area contributed by atoms with E-state index in [4.69, 9.17) is 9.47 Å². The molecule has 2 aromatic rings. The average molecular weight is 504 g/mol. The molecule has 2 rings (SSSR count). The second-order valence-electron chi connectivity index (χ2n) is 9.12. The van der Waals surface area contributed by atoms with Crippen molar-refractivity contribution in [2.75, 3.05) is 23.3 Å². The second kappa shape index (κ2) is 13.3. The Morgan fingerprint density at radius 2 is 1.77 bits per heavy atom. The van der Waals surface area contributed by atoms with Gasteiger partial charge in [0.15, 0.2) is 0 Å². The number of nitrogens with zero attached hydrogens (tertiary/aromatic N) is 1. The van der Waals surface area contributed by atoms with Crippen molar-refractivity contribution < 1.29 is 27.8 Å². The number of hydrogen-bond donors (Lipinski definition) is 1. The highest BCUT2D eigenvalue weighted by Crippen LogP contribution is 2.32. The zero-order valence-electron chi connectivity index (χ0n) is 21.1. The van der Waals surface area contributed by atoms with Crippen molar-refractivity contribution in [3.8, 4) is 0 Å². The van der Waals surface area contributed by atoms with Gasteiger partial charge in [-0.25, -0.2) is 4.79 Å². The average Bonchev–Trinajstić information content (AvgIpc) is 2.80. The molecule has 8 nitrogen and oxygen atoms in total. The molecule has 0 bridgehead atoms. The fourth-order valence-corrected chi connectivity index (χ4v) is 4.05. The van der Waals surface area contributed by atoms with E-state index in [0.29, 0.717) is 24.3 Å². The summed E-state index contributed by atoms with van der Waals surface area (Å²) in [5.41, 5.74) is 1.90. The first-order valence-corrected chi connectivity index (χ1v) is 12.8. The van der Waals surface area contributed by atoms with Crippen LogP contribution >= 0.6 is 0 Å². The lowest BCUT2D eigenvalue weighted by Crippen LogP contribution is -2.24. The molecule has 0 saturated carbocycles. The minimum absolute atomic E-state index is 0.101. The van der Waals surface area contributed by atoms with Crippen LogP contribution in [0.3, 0.4) is 0 Å². The van der Waals surface area contributed by atoms with Gasteiger partial charge >= 0.3 is 11.9 Å². The summed E-state index contributed by atoms with van der Waals surface area (Å²) >= 11 is -2.67. The zero-order valence-corrected chi connectivity index (χ0v) is 21.9. The number of nitrogens with one attached hydrogen (secondary N) is 1. The first kappa shape index (κ1) is 28.3. The van der Waals surface area contributed by atoms with Gasteiger partial charge in [0.05, 0.1) is 35.3 Å². The Kier molecular flexibility index (Phi) is 10.7. The Morgan fingerprint density at radius 1 is 1.09 bits per heavy atom. The summed E-state index contributed by atoms with van der Waals surface area (Å²) in [6.45, 7) is 8.04. The smallest absolute Gasteiger partial charge is 0.340 e. The maximum absolute atomic E-state index is 12.5. The third-order valence-corrected chi connectivity index (χ3v) is 5.77. The van der Waals surface area contributed by atoms with Crippen LogP contribution < -0.4 is 9.62 Å². The van der Waals surface area contributed by atoms with E-state index in [2.05, 4.69) is 12.2 Å². The molecule has 0 heterocycles. The second-order valence-corrected chi connectivity index (χ2v) is 9.92. The van der Waals surface area contributed by atoms with Crippen molar-refractivity contribution in [3.63, 3.8) is 0 Å². The Morgan fingerprint density at radius 3 is 2.34 bits per heavy atom. The van der Waals surface area contributed by atoms with Crippen LogP contribution in [0.4, 0.5) is 17.1 Å². The van der Waals surface area contributed by atoms with Crippen LogP contribution in [0, 0.1) is 0 Å². The molecule has 1 atom stereocenters. The third-order valence-electron chi connectivity index (χ3n) is 5.07. The molecule has 2 aromatic carbocycles. The highest BCUT2D eigenvalue weighted by atomic mass is 32.2. The van der Waals surface area contributed by atoms with Gasteiger partial charge in [0, 0.05) is 18.7 Å². The zero-order chi connectivity index (χ0) is 26.0. The first-order valence-electron chi connectivity index (χ1n) is 11.7. The number of methoxy groups -OCH3 is 1. The molecule has 1 unspecified atom stereocenters. The Labute approximate surface area is 210 Å². The number of rotatable bonds is 12. The van der Waals surface area contributed by atoms with Crippen LogP contribution in [0.5, 0.6) is 0 Å². The number of carbonyl (C=O) groups is 2. The molecular weight excluding hydrogens is 468 g/mol. The molecule has 35 heavy (non-hydrogen) atoms. The molecule has 0 aliphatic carbocycles. The number of anilines is 3. The molecular formula is C26H35N2O6S-. The minimum atomic E-state index is -2.67. The summed E-state index contributed by atoms with van der Waals surface area (Å²) in [5, 5.41) is 3.16. The summed E-state index contributed by atoms with van der Waals surface area (Å²) in [6, 6.07) is 12.0. The Bertz CT molecular complexity index is 1020. The molecule has 9 heteroatoms. The van der Waals surface area contributed by atoms with E-state index < -0.39 is 22.8 Å². The first-order chi connectivity index (χ1) is 16.6. The van der Waals surface area contributed by atoms with E-state index in [-0.39, 0.29) is 23.6 Å². The largest absolute Gasteiger partial charge is 0.755 e. The van der Waals surface area contributed by atoms with Gasteiger partial charge in [0.1, 0.15) is 5.60 Å². The molecule has 0 fully saturated rings. The summed E-state index contributed by atoms with van der Waals surface area (Å²) < 4.78 is 35.7. The van der Waals surface area contributed by atoms with Crippen LogP contribution in [0.2, 0.25) is 0 Å². The van der Waals surface area contributed by atoms with Crippen LogP contribution in [-0.2, 0) is 32.0 Å². The maximum atomic E-state index is 12.5. The lowest BCUT2D eigenvalue weighted by molar-refractivity contribution is -0.154. The van der Waals surface area contributed by atoms with Crippen molar-refractivity contribution in [2.24, 2.45) is 0 Å². The Hall–Kier alpha value is -2.91. The third kappa shape index (κ3) is 8.99. The van der Waals surface area contributed by atoms with E-state index >= 15 is 0 Å². The monoisotopic (exact) mass is 503 g/mol. The summed E-state index contributed by atoms with van der Waals surface area (Å²) in [4.78, 5) is 24.4. The molecule has 0 aromatic heterocycles. The standard InChI is InChI=1S/C26H36N2O6S/c1-6-7-9-19-11-14-21(15-12-19)28(35(31)32)23-16-13-20(18-22(23)25(30)33-5)27-17-8-10-24(29)34-26(2,3)4/h11-16,18,27H,6-10,17H2,1-5H3,(H,31,32)/p-1. The lowest BCUT2D eigenvalue weighted by atomic mass is 10.1. The summed E-state index contributed by atoms with van der Waals surface area (Å²) in [5.74, 6) is -0.938. The predicted molar refractivity (Wildman–Crippen MR) is 137 cm³/mol. The highest BCUT2D eigenvalue weighted by molar-refractivity contribution is 7.81. The lowest BCUT2D eigenvalue weighted by Gasteiger charge is -2.28. The van der Waals surface area contributed by atoms with Gasteiger partial charge in [-0.1, -0.05) is 25.5 Å². The number of carbonyl (C=O) groups excluding carboxylic acids is 2. The van der Waals surface area contributed by atoms with Crippen LogP contribution in [0.1, 0.15) is 69.3 Å². The number of unbranched alkanes of at least 4 members (excludes halogenated alkanes) is 1. The van der Waals surface area contributed by atoms with Gasteiger partial charge in [-0.2, -0.15) is 0 Å². The van der Waals surface area contributed by atoms with Crippen LogP contribution in [0.25, 0.3) is 0 Å². The van der Waals surface area contributed by atoms with E-state index in [9.17, 15) is 18.4 Å². The van der Waals surface area contributed by atoms with Gasteiger partial charge in [-0.3, -0.25) is 13.3 Å². The van der Waals surface area contributed by atoms with Gasteiger partial charge in [0.2, 0.25) is 0 Å². The maximum Gasteiger partial charge on any atom is 0.340 e.